The molecule has 0 spiro atoms. The third kappa shape index (κ3) is 30.8. The minimum Gasteiger partial charge on any atom is -0.462 e. The largest absolute Gasteiger partial charge is 0.480 e. The number of hydrogen-bond acceptors (Lipinski definition) is 36. The van der Waals surface area contributed by atoms with E-state index >= 15 is 8.78 Å². The second-order valence-corrected chi connectivity index (χ2v) is 37.8. The lowest BCUT2D eigenvalue weighted by Gasteiger charge is -2.32. The number of nitrogens with one attached hydrogen (secondary N) is 2. The van der Waals surface area contributed by atoms with Gasteiger partial charge in [-0.25, -0.2) is 51.1 Å². The number of carbonyl (C=O) groups excluding carboxylic acids is 7. The van der Waals surface area contributed by atoms with Crippen LogP contribution in [0.2, 0.25) is 0 Å². The van der Waals surface area contributed by atoms with Crippen molar-refractivity contribution in [3.05, 3.63) is 98.7 Å². The first-order chi connectivity index (χ1) is 62.6. The molecule has 0 aromatic carbocycles. The van der Waals surface area contributed by atoms with Crippen molar-refractivity contribution in [3.63, 3.8) is 0 Å². The fraction of sp³-hybridized carbons (Fsp3) is 0.690. The maximum absolute atomic E-state index is 15.9. The Labute approximate surface area is 788 Å². The van der Waals surface area contributed by atoms with E-state index in [4.69, 9.17) is 119 Å². The van der Waals surface area contributed by atoms with Gasteiger partial charge in [-0.2, -0.15) is 0 Å². The number of halogens is 7. The number of aromatic nitrogens is 2. The summed E-state index contributed by atoms with van der Waals surface area (Å²) in [4.78, 5) is 105. The van der Waals surface area contributed by atoms with Crippen molar-refractivity contribution in [2.45, 2.75) is 307 Å². The maximum atomic E-state index is 15.9. The van der Waals surface area contributed by atoms with Gasteiger partial charge in [0.15, 0.2) is 67.0 Å². The van der Waals surface area contributed by atoms with Crippen LogP contribution in [0.4, 0.5) is 23.4 Å². The molecule has 38 nitrogen and oxygen atoms in total. The highest BCUT2D eigenvalue weighted by atomic mass is 35.5. The van der Waals surface area contributed by atoms with Crippen LogP contribution in [0.5, 0.6) is 0 Å². The van der Waals surface area contributed by atoms with Crippen molar-refractivity contribution < 1.29 is 132 Å². The highest BCUT2D eigenvalue weighted by Crippen LogP contribution is 2.53. The number of nitrogens with zero attached hydrogens (tertiary/aromatic N) is 8. The predicted octanol–water partition coefficient (Wildman–Crippen LogP) is 11.1. The molecule has 4 saturated heterocycles. The fourth-order valence-electron chi connectivity index (χ4n) is 13.9. The number of amides is 1. The summed E-state index contributed by atoms with van der Waals surface area (Å²) in [6, 6.07) is -0.847. The average Bonchev–Trinajstić information content (AvgIpc) is 1.60. The number of unbranched alkanes of at least 4 members (excludes halogenated alkanes) is 12. The van der Waals surface area contributed by atoms with Crippen LogP contribution in [0.25, 0.3) is 0 Å². The Balaban J connectivity index is 0.000000278. The van der Waals surface area contributed by atoms with E-state index in [9.17, 15) is 62.2 Å². The number of phosphoric ester groups is 1. The molecule has 46 heteroatoms. The van der Waals surface area contributed by atoms with Gasteiger partial charge in [0.1, 0.15) is 102 Å². The van der Waals surface area contributed by atoms with Gasteiger partial charge < -0.3 is 111 Å². The van der Waals surface area contributed by atoms with Crippen LogP contribution in [-0.2, 0) is 94.3 Å². The van der Waals surface area contributed by atoms with E-state index in [0.717, 1.165) is 89.5 Å². The van der Waals surface area contributed by atoms with E-state index < -0.39 is 196 Å². The van der Waals surface area contributed by atoms with Crippen LogP contribution in [0.1, 0.15) is 215 Å². The van der Waals surface area contributed by atoms with E-state index in [1.54, 1.807) is 62.3 Å². The Morgan fingerprint density at radius 1 is 0.556 bits per heavy atom. The zero-order valence-corrected chi connectivity index (χ0v) is 80.8. The van der Waals surface area contributed by atoms with Gasteiger partial charge in [0.25, 0.3) is 5.91 Å². The lowest BCUT2D eigenvalue weighted by Crippen LogP contribution is -2.50. The molecule has 133 heavy (non-hydrogen) atoms. The normalized spacial score (nSPS) is 28.0. The molecule has 18 atom stereocenters. The van der Waals surface area contributed by atoms with E-state index in [2.05, 4.69) is 77.7 Å². The first kappa shape index (κ1) is 113. The van der Waals surface area contributed by atoms with Gasteiger partial charge in [0, 0.05) is 37.9 Å². The number of anilines is 1. The van der Waals surface area contributed by atoms with Gasteiger partial charge >= 0.3 is 43.6 Å². The number of ether oxygens (including phenoxy) is 10. The zero-order chi connectivity index (χ0) is 99.3. The molecule has 8 aliphatic heterocycles. The summed E-state index contributed by atoms with van der Waals surface area (Å²) >= 11 is 18.2. The molecular formula is C87H134Cl3F4N14O24P. The van der Waals surface area contributed by atoms with E-state index in [1.165, 1.54) is 62.4 Å². The smallest absolute Gasteiger partial charge is 0.462 e. The number of aliphatic imine (C=N–C) groups is 3. The number of nitrogens with two attached hydrogens (primary N) is 4. The Morgan fingerprint density at radius 2 is 0.940 bits per heavy atom. The van der Waals surface area contributed by atoms with Crippen molar-refractivity contribution in [3.8, 4) is 0 Å². The van der Waals surface area contributed by atoms with Crippen LogP contribution in [-0.4, -0.2) is 259 Å². The molecule has 0 radical (unpaired) electrons. The Hall–Kier alpha value is -8.33. The number of esters is 6. The van der Waals surface area contributed by atoms with Crippen molar-refractivity contribution in [2.75, 3.05) is 63.0 Å². The molecule has 2 unspecified atom stereocenters. The van der Waals surface area contributed by atoms with E-state index in [-0.39, 0.29) is 103 Å². The highest BCUT2D eigenvalue weighted by Gasteiger charge is 2.63. The molecule has 13 N–H and O–H groups in total. The van der Waals surface area contributed by atoms with Crippen LogP contribution >= 0.6 is 42.6 Å². The molecule has 9 heterocycles. The Kier molecular flexibility index (Phi) is 44.1. The molecule has 1 amide bonds. The molecule has 0 bridgehead atoms. The van der Waals surface area contributed by atoms with Crippen LogP contribution in [0.3, 0.4) is 0 Å². The number of alkyl halides is 7. The summed E-state index contributed by atoms with van der Waals surface area (Å²) in [6.45, 7) is 32.2. The summed E-state index contributed by atoms with van der Waals surface area (Å²) in [6.07, 6.45) is 6.66. The highest BCUT2D eigenvalue weighted by molar-refractivity contribution is 7.48. The van der Waals surface area contributed by atoms with E-state index in [1.807, 2.05) is 0 Å². The number of aliphatic hydroxyl groups is 3. The monoisotopic (exact) mass is 1970 g/mol. The Bertz CT molecular complexity index is 4340. The quantitative estimate of drug-likeness (QED) is 0.00428. The van der Waals surface area contributed by atoms with E-state index in [0.29, 0.717) is 12.8 Å². The number of phosphoric acid groups is 1. The summed E-state index contributed by atoms with van der Waals surface area (Å²) in [7, 11) is -4.71. The average molecular weight is 1970 g/mol. The minimum atomic E-state index is -4.71. The van der Waals surface area contributed by atoms with Crippen LogP contribution in [0.15, 0.2) is 108 Å². The second-order valence-electron chi connectivity index (χ2n) is 35.3. The number of aliphatic hydroxyl groups excluding tert-OH is 3. The summed E-state index contributed by atoms with van der Waals surface area (Å²) < 4.78 is 146. The van der Waals surface area contributed by atoms with Crippen molar-refractivity contribution in [1.82, 2.24) is 29.6 Å². The first-order valence-corrected chi connectivity index (χ1v) is 47.2. The van der Waals surface area contributed by atoms with Gasteiger partial charge in [-0.15, -0.1) is 41.4 Å². The summed E-state index contributed by atoms with van der Waals surface area (Å²) in [5.41, 5.74) is 14.0. The molecule has 0 saturated carbocycles. The maximum Gasteiger partial charge on any atom is 0.480 e. The van der Waals surface area contributed by atoms with Crippen molar-refractivity contribution >= 4 is 108 Å². The number of hydrogen-bond donors (Lipinski definition) is 9. The van der Waals surface area contributed by atoms with Gasteiger partial charge in [-0.3, -0.25) is 42.7 Å². The molecule has 0 aliphatic carbocycles. The summed E-state index contributed by atoms with van der Waals surface area (Å²) in [5.74, 6) is -3.57. The molecular weight excluding hydrogens is 1840 g/mol. The van der Waals surface area contributed by atoms with Gasteiger partial charge in [-0.1, -0.05) is 137 Å². The lowest BCUT2D eigenvalue weighted by molar-refractivity contribution is -0.175. The summed E-state index contributed by atoms with van der Waals surface area (Å²) in [5, 5.41) is 37.2. The number of carbonyl (C=O) groups is 7. The first-order valence-electron chi connectivity index (χ1n) is 44.2. The third-order valence-electron chi connectivity index (χ3n) is 22.1. The van der Waals surface area contributed by atoms with Crippen molar-refractivity contribution in [1.29, 1.82) is 0 Å². The topological polar surface area (TPSA) is 510 Å². The standard InChI is InChI=1S/C27H43ClFN3O5.C25H38FN4O11P.C19H29ClFN3O4.C16H24ClFN4O4/c1-4-6-8-10-12-14-22(33)35-19-27(18-28)25(36-23(34)15-13-11-9-7-5-2)24(29)26(37-27)32-17-16-21(30)31-20(32)3;1-9-25(17(31)15(26)20(41-25)30-11-27-16-18(30)28-14(2)29-19(16)32)10-38-42(35,39-12-36-21(33)23(3,4)5)40-13-37-22(34)24(6,7)8;1-3-4-5-6-7-8-15(25)27-12-19(11-20)17(26)16(21)18(28-19)24-10-9-14(22)23-13(24)2;1-8(2)12(20)15(24)25-7-16(6-17)13(23)11(18)14(26-16)22-5-4-10(19)21-9(22)3/h16-17,24-26H,3-15,18-19H2,1-2H3,(H2,30,31);9,11,14-15,17,20,28,31H,1,10,12-13H2,2-8H3,(H,29,32);9-10,16-18,26H,2-8,11-12H2,1H3,(H2,22,23);4-5,8,11-14,23H,3,6-7,20H2,1-2H3,(H2,19,21)/t24-,25+,26-,27-;14?,15-,17+,20-,25-;16-,17+,18-,19-;11-,12?,13+,14-,16-/m1111/s1. The SMILES string of the molecule is C=C1N=C(N)C=CN1[C@@H]1O[C@](CCl)(COC(=O)C(N)C(C)C)[C@@H](O)[C@H]1F.C=C1N=C(N)C=CN1[C@@H]1O[C@](CCl)(COC(=O)CCCCCCC)[C@@H](O)[C@H]1F.C=C1N=C(N)C=CN1[C@@H]1O[C@](CCl)(COC(=O)CCCCCCC)[C@@H](OC(=O)CCCCCCC)[C@H]1F.C=C[C@]1(COP(=O)(OCOC(=O)C(C)(C)C)OCOC(=O)C(C)(C)C)O[C@@H](n2cnc3c2NC(C)NC3=O)[C@H](F)[C@@H]1O. The minimum absolute atomic E-state index is 0.00773. The second kappa shape index (κ2) is 51.7. The molecule has 4 fully saturated rings. The fourth-order valence-corrected chi connectivity index (χ4v) is 15.7. The zero-order valence-electron chi connectivity index (χ0n) is 77.6. The third-order valence-corrected chi connectivity index (χ3v) is 24.7. The van der Waals surface area contributed by atoms with Gasteiger partial charge in [-0.05, 0) is 91.9 Å². The molecule has 8 aliphatic rings. The molecule has 1 aromatic rings. The van der Waals surface area contributed by atoms with Crippen LogP contribution < -0.4 is 33.6 Å². The Morgan fingerprint density at radius 3 is 1.33 bits per heavy atom. The molecule has 750 valence electrons. The van der Waals surface area contributed by atoms with Gasteiger partial charge in [0.05, 0.1) is 47.6 Å². The van der Waals surface area contributed by atoms with Crippen molar-refractivity contribution in [2.24, 2.45) is 54.7 Å². The van der Waals surface area contributed by atoms with Gasteiger partial charge in [0.2, 0.25) is 13.6 Å². The van der Waals surface area contributed by atoms with Crippen LogP contribution in [0, 0.1) is 16.7 Å². The number of amidine groups is 3. The lowest BCUT2D eigenvalue weighted by atomic mass is 9.97. The number of imidazole rings is 1. The number of fused-ring (bicyclic) bond motifs is 1. The number of rotatable bonds is 44. The predicted molar refractivity (Wildman–Crippen MR) is 486 cm³/mol. The molecule has 9 rings (SSSR count). The molecule has 1 aromatic heterocycles.